The molecule has 132 valence electrons. The monoisotopic (exact) mass is 358 g/mol. The molecule has 0 saturated carbocycles. The summed E-state index contributed by atoms with van der Waals surface area (Å²) in [5.74, 6) is -1.50. The van der Waals surface area contributed by atoms with Gasteiger partial charge in [0.25, 0.3) is 0 Å². The number of amides is 1. The predicted molar refractivity (Wildman–Crippen MR) is 96.8 cm³/mol. The Morgan fingerprint density at radius 2 is 2.04 bits per heavy atom. The number of carboxylic acid groups (broad SMARTS) is 1. The molecule has 0 spiro atoms. The quantitative estimate of drug-likeness (QED) is 0.892. The molecule has 2 aromatic rings. The Morgan fingerprint density at radius 1 is 1.28 bits per heavy atom. The topological polar surface area (TPSA) is 70.5 Å². The van der Waals surface area contributed by atoms with Crippen molar-refractivity contribution in [1.29, 1.82) is 0 Å². The number of nitrogens with zero attached hydrogens (tertiary/aromatic N) is 2. The van der Waals surface area contributed by atoms with Crippen molar-refractivity contribution in [1.82, 2.24) is 9.88 Å². The van der Waals surface area contributed by atoms with Gasteiger partial charge < -0.3 is 10.0 Å². The van der Waals surface area contributed by atoms with E-state index in [1.807, 2.05) is 38.1 Å². The van der Waals surface area contributed by atoms with Gasteiger partial charge in [-0.05, 0) is 31.4 Å². The highest BCUT2D eigenvalue weighted by atomic mass is 32.1. The molecule has 3 rings (SSSR count). The maximum atomic E-state index is 12.6. The molecule has 6 heteroatoms. The van der Waals surface area contributed by atoms with E-state index in [1.54, 1.807) is 21.7 Å². The molecule has 1 aliphatic heterocycles. The molecule has 2 unspecified atom stereocenters. The van der Waals surface area contributed by atoms with Crippen LogP contribution in [-0.4, -0.2) is 40.0 Å². The number of carbonyl (C=O) groups excluding carboxylic acids is 1. The Balaban J connectivity index is 1.71. The average Bonchev–Trinajstić information content (AvgIpc) is 3.19. The van der Waals surface area contributed by atoms with Crippen LogP contribution in [-0.2, 0) is 16.0 Å². The molecule has 1 N–H and O–H groups in total. The van der Waals surface area contributed by atoms with E-state index in [1.165, 1.54) is 0 Å². The number of aryl methyl sites for hydroxylation is 3. The molecule has 5 nitrogen and oxygen atoms in total. The zero-order valence-corrected chi connectivity index (χ0v) is 15.3. The second-order valence-electron chi connectivity index (χ2n) is 6.57. The molecule has 1 amide bonds. The summed E-state index contributed by atoms with van der Waals surface area (Å²) < 4.78 is 0. The minimum atomic E-state index is -0.832. The van der Waals surface area contributed by atoms with Crippen LogP contribution < -0.4 is 0 Å². The summed E-state index contributed by atoms with van der Waals surface area (Å²) in [7, 11) is 0. The predicted octanol–water partition coefficient (Wildman–Crippen LogP) is 3.02. The van der Waals surface area contributed by atoms with Gasteiger partial charge in [-0.3, -0.25) is 9.59 Å². The van der Waals surface area contributed by atoms with Crippen LogP contribution in [0, 0.1) is 19.8 Å². The number of benzene rings is 1. The first-order valence-corrected chi connectivity index (χ1v) is 9.30. The smallest absolute Gasteiger partial charge is 0.308 e. The largest absolute Gasteiger partial charge is 0.481 e. The second-order valence-corrected chi connectivity index (χ2v) is 7.51. The Morgan fingerprint density at radius 3 is 2.68 bits per heavy atom. The van der Waals surface area contributed by atoms with Crippen molar-refractivity contribution in [2.75, 3.05) is 13.1 Å². The summed E-state index contributed by atoms with van der Waals surface area (Å²) >= 11 is 1.56. The lowest BCUT2D eigenvalue weighted by atomic mass is 9.86. The third-order valence-electron chi connectivity index (χ3n) is 4.99. The average molecular weight is 358 g/mol. The van der Waals surface area contributed by atoms with E-state index in [9.17, 15) is 14.7 Å². The van der Waals surface area contributed by atoms with Crippen LogP contribution in [0.3, 0.4) is 0 Å². The first-order valence-electron chi connectivity index (χ1n) is 8.42. The van der Waals surface area contributed by atoms with Crippen LogP contribution in [0.25, 0.3) is 0 Å². The molecule has 1 fully saturated rings. The highest BCUT2D eigenvalue weighted by molar-refractivity contribution is 7.09. The molecule has 0 aliphatic carbocycles. The van der Waals surface area contributed by atoms with Gasteiger partial charge in [0.05, 0.1) is 17.1 Å². The van der Waals surface area contributed by atoms with Gasteiger partial charge >= 0.3 is 5.97 Å². The van der Waals surface area contributed by atoms with E-state index in [0.717, 1.165) is 21.7 Å². The van der Waals surface area contributed by atoms with Crippen molar-refractivity contribution >= 4 is 23.2 Å². The third kappa shape index (κ3) is 3.74. The van der Waals surface area contributed by atoms with Crippen molar-refractivity contribution < 1.29 is 14.7 Å². The fraction of sp³-hybridized carbons (Fsp3) is 0.421. The van der Waals surface area contributed by atoms with Crippen molar-refractivity contribution in [3.63, 3.8) is 0 Å². The first-order chi connectivity index (χ1) is 12.0. The van der Waals surface area contributed by atoms with Crippen LogP contribution in [0.1, 0.15) is 34.0 Å². The van der Waals surface area contributed by atoms with Gasteiger partial charge in [0.15, 0.2) is 0 Å². The van der Waals surface area contributed by atoms with Crippen molar-refractivity contribution in [3.8, 4) is 0 Å². The van der Waals surface area contributed by atoms with E-state index in [0.29, 0.717) is 19.4 Å². The highest BCUT2D eigenvalue weighted by Crippen LogP contribution is 2.35. The van der Waals surface area contributed by atoms with Crippen LogP contribution in [0.5, 0.6) is 0 Å². The second kappa shape index (κ2) is 7.35. The van der Waals surface area contributed by atoms with Gasteiger partial charge in [-0.1, -0.05) is 24.3 Å². The number of thiazole rings is 1. The van der Waals surface area contributed by atoms with Crippen LogP contribution in [0.15, 0.2) is 29.8 Å². The van der Waals surface area contributed by atoms with Crippen molar-refractivity contribution in [3.05, 3.63) is 51.5 Å². The molecule has 1 saturated heterocycles. The van der Waals surface area contributed by atoms with E-state index < -0.39 is 11.9 Å². The summed E-state index contributed by atoms with van der Waals surface area (Å²) in [6.45, 7) is 4.70. The van der Waals surface area contributed by atoms with E-state index in [-0.39, 0.29) is 18.4 Å². The summed E-state index contributed by atoms with van der Waals surface area (Å²) in [6, 6.07) is 7.85. The van der Waals surface area contributed by atoms with Gasteiger partial charge in [0.2, 0.25) is 5.91 Å². The number of rotatable bonds is 5. The zero-order chi connectivity index (χ0) is 18.0. The Hall–Kier alpha value is -2.21. The minimum Gasteiger partial charge on any atom is -0.481 e. The fourth-order valence-corrected chi connectivity index (χ4v) is 4.30. The normalized spacial score (nSPS) is 20.0. The first kappa shape index (κ1) is 17.6. The lowest BCUT2D eigenvalue weighted by Gasteiger charge is -2.18. The zero-order valence-electron chi connectivity index (χ0n) is 14.4. The molecule has 2 atom stereocenters. The lowest BCUT2D eigenvalue weighted by Crippen LogP contribution is -2.30. The Kier molecular flexibility index (Phi) is 5.18. The number of carboxylic acids is 1. The molecule has 0 bridgehead atoms. The molecular weight excluding hydrogens is 336 g/mol. The van der Waals surface area contributed by atoms with Crippen LogP contribution in [0.2, 0.25) is 0 Å². The molecule has 0 radical (unpaired) electrons. The van der Waals surface area contributed by atoms with E-state index in [4.69, 9.17) is 0 Å². The van der Waals surface area contributed by atoms with E-state index in [2.05, 4.69) is 4.98 Å². The van der Waals surface area contributed by atoms with Gasteiger partial charge in [-0.2, -0.15) is 0 Å². The summed E-state index contributed by atoms with van der Waals surface area (Å²) in [5, 5.41) is 9.61. The van der Waals surface area contributed by atoms with E-state index >= 15 is 0 Å². The summed E-state index contributed by atoms with van der Waals surface area (Å²) in [6.07, 6.45) is 1.06. The number of carbonyl (C=O) groups is 2. The molecule has 1 aromatic heterocycles. The summed E-state index contributed by atoms with van der Waals surface area (Å²) in [4.78, 5) is 31.4. The van der Waals surface area contributed by atoms with Gasteiger partial charge in [0, 0.05) is 30.3 Å². The number of aliphatic carboxylic acids is 1. The Bertz CT molecular complexity index is 786. The Labute approximate surface area is 151 Å². The van der Waals surface area contributed by atoms with Gasteiger partial charge in [-0.15, -0.1) is 11.3 Å². The highest BCUT2D eigenvalue weighted by Gasteiger charge is 2.40. The number of likely N-dealkylation sites (tertiary alicyclic amines) is 1. The summed E-state index contributed by atoms with van der Waals surface area (Å²) in [5.41, 5.74) is 4.87. The van der Waals surface area contributed by atoms with Gasteiger partial charge in [-0.25, -0.2) is 4.98 Å². The standard InChI is InChI=1S/C19H22N2O3S/c1-12-5-3-4-6-14(12)15-9-21(10-16(15)19(23)24)18(22)8-7-17-13(2)20-11-25-17/h3-6,11,15-16H,7-10H2,1-2H3,(H,23,24). The van der Waals surface area contributed by atoms with Gasteiger partial charge in [0.1, 0.15) is 0 Å². The fourth-order valence-electron chi connectivity index (χ4n) is 3.52. The third-order valence-corrected chi connectivity index (χ3v) is 5.98. The van der Waals surface area contributed by atoms with Crippen LogP contribution in [0.4, 0.5) is 0 Å². The number of hydrogen-bond donors (Lipinski definition) is 1. The molecule has 2 heterocycles. The maximum absolute atomic E-state index is 12.6. The maximum Gasteiger partial charge on any atom is 0.308 e. The lowest BCUT2D eigenvalue weighted by molar-refractivity contribution is -0.141. The SMILES string of the molecule is Cc1ccccc1C1CN(C(=O)CCc2scnc2C)CC1C(=O)O. The molecular formula is C19H22N2O3S. The van der Waals surface area contributed by atoms with Crippen LogP contribution >= 0.6 is 11.3 Å². The number of aromatic nitrogens is 1. The van der Waals surface area contributed by atoms with Crippen molar-refractivity contribution in [2.45, 2.75) is 32.6 Å². The van der Waals surface area contributed by atoms with Crippen molar-refractivity contribution in [2.24, 2.45) is 5.92 Å². The minimum absolute atomic E-state index is 0.0233. The molecule has 1 aliphatic rings. The molecule has 25 heavy (non-hydrogen) atoms. The molecule has 1 aromatic carbocycles. The number of hydrogen-bond acceptors (Lipinski definition) is 4.